The molecule has 0 amide bonds. The third-order valence-electron chi connectivity index (χ3n) is 3.50. The number of hydrogen-bond donors (Lipinski definition) is 2. The molecule has 124 valence electrons. The molecule has 0 saturated carbocycles. The van der Waals surface area contributed by atoms with E-state index in [4.69, 9.17) is 0 Å². The molecule has 7 heteroatoms. The van der Waals surface area contributed by atoms with Crippen molar-refractivity contribution in [2.24, 2.45) is 0 Å². The van der Waals surface area contributed by atoms with Gasteiger partial charge in [0.15, 0.2) is 0 Å². The second-order valence-electron chi connectivity index (χ2n) is 5.51. The largest absolute Gasteiger partial charge is 0.389 e. The van der Waals surface area contributed by atoms with E-state index in [9.17, 15) is 5.11 Å². The fourth-order valence-electron chi connectivity index (χ4n) is 2.27. The van der Waals surface area contributed by atoms with Crippen LogP contribution in [0.1, 0.15) is 10.7 Å². The number of thiazole rings is 1. The molecule has 0 bridgehead atoms. The number of hydrogen-bond acceptors (Lipinski definition) is 7. The van der Waals surface area contributed by atoms with Crippen molar-refractivity contribution in [2.45, 2.75) is 13.5 Å². The molecule has 2 heterocycles. The molecule has 3 aromatic rings. The highest BCUT2D eigenvalue weighted by molar-refractivity contribution is 7.15. The number of aryl methyl sites for hydroxylation is 1. The van der Waals surface area contributed by atoms with Crippen molar-refractivity contribution in [1.29, 1.82) is 0 Å². The first-order valence-corrected chi connectivity index (χ1v) is 8.33. The fraction of sp³-hybridized carbons (Fsp3) is 0.235. The number of aromatic nitrogens is 3. The lowest BCUT2D eigenvalue weighted by atomic mass is 10.2. The monoisotopic (exact) mass is 341 g/mol. The Bertz CT molecular complexity index is 829. The molecule has 0 aliphatic rings. The first kappa shape index (κ1) is 16.4. The minimum absolute atomic E-state index is 0.0556. The van der Waals surface area contributed by atoms with Crippen molar-refractivity contribution in [1.82, 2.24) is 15.0 Å². The van der Waals surface area contributed by atoms with Crippen molar-refractivity contribution in [3.05, 3.63) is 47.2 Å². The van der Waals surface area contributed by atoms with Gasteiger partial charge in [-0.25, -0.2) is 15.0 Å². The third kappa shape index (κ3) is 3.52. The summed E-state index contributed by atoms with van der Waals surface area (Å²) >= 11 is 1.45. The maximum Gasteiger partial charge on any atom is 0.227 e. The lowest BCUT2D eigenvalue weighted by Gasteiger charge is -2.13. The Morgan fingerprint density at radius 2 is 1.88 bits per heavy atom. The second kappa shape index (κ2) is 6.94. The summed E-state index contributed by atoms with van der Waals surface area (Å²) in [4.78, 5) is 16.2. The van der Waals surface area contributed by atoms with Crippen molar-refractivity contribution in [3.63, 3.8) is 0 Å². The Hall–Kier alpha value is -2.51. The zero-order chi connectivity index (χ0) is 17.1. The van der Waals surface area contributed by atoms with Crippen LogP contribution in [0.15, 0.2) is 36.5 Å². The number of aliphatic hydroxyl groups excluding tert-OH is 1. The number of nitrogens with zero attached hydrogens (tertiary/aromatic N) is 4. The molecule has 6 nitrogen and oxygen atoms in total. The van der Waals surface area contributed by atoms with Crippen LogP contribution < -0.4 is 10.2 Å². The standard InChI is InChI=1S/C17H19N5OS/c1-11-16(24-15(10-23)19-11)14-8-9-18-17(21-14)20-12-4-6-13(7-5-12)22(2)3/h4-9,23H,10H2,1-3H3,(H,18,20,21). The van der Waals surface area contributed by atoms with Crippen molar-refractivity contribution >= 4 is 28.7 Å². The molecule has 0 radical (unpaired) electrons. The van der Waals surface area contributed by atoms with Crippen LogP contribution in [-0.2, 0) is 6.61 Å². The van der Waals surface area contributed by atoms with E-state index in [1.54, 1.807) is 6.20 Å². The van der Waals surface area contributed by atoms with Gasteiger partial charge in [-0.1, -0.05) is 0 Å². The first-order chi connectivity index (χ1) is 11.6. The molecule has 0 aliphatic carbocycles. The van der Waals surface area contributed by atoms with Gasteiger partial charge in [0, 0.05) is 31.7 Å². The van der Waals surface area contributed by atoms with Gasteiger partial charge in [0.2, 0.25) is 5.95 Å². The van der Waals surface area contributed by atoms with Gasteiger partial charge in [0.1, 0.15) is 5.01 Å². The molecule has 0 fully saturated rings. The maximum absolute atomic E-state index is 9.23. The zero-order valence-electron chi connectivity index (χ0n) is 13.8. The molecule has 24 heavy (non-hydrogen) atoms. The summed E-state index contributed by atoms with van der Waals surface area (Å²) in [6.45, 7) is 1.86. The number of nitrogens with one attached hydrogen (secondary N) is 1. The van der Waals surface area contributed by atoms with Gasteiger partial charge in [0.05, 0.1) is 22.9 Å². The summed E-state index contributed by atoms with van der Waals surface area (Å²) in [6, 6.07) is 9.91. The van der Waals surface area contributed by atoms with Gasteiger partial charge >= 0.3 is 0 Å². The number of rotatable bonds is 5. The highest BCUT2D eigenvalue weighted by Crippen LogP contribution is 2.29. The molecule has 0 unspecified atom stereocenters. The second-order valence-corrected chi connectivity index (χ2v) is 6.60. The number of anilines is 3. The molecule has 0 saturated heterocycles. The Morgan fingerprint density at radius 3 is 2.50 bits per heavy atom. The Kier molecular flexibility index (Phi) is 4.73. The quantitative estimate of drug-likeness (QED) is 0.742. The Morgan fingerprint density at radius 1 is 1.12 bits per heavy atom. The van der Waals surface area contributed by atoms with Crippen LogP contribution in [0, 0.1) is 6.92 Å². The van der Waals surface area contributed by atoms with Crippen LogP contribution in [0.4, 0.5) is 17.3 Å². The Balaban J connectivity index is 1.83. The van der Waals surface area contributed by atoms with Gasteiger partial charge in [-0.3, -0.25) is 0 Å². The molecule has 3 rings (SSSR count). The van der Waals surface area contributed by atoms with Crippen molar-refractivity contribution < 1.29 is 5.11 Å². The zero-order valence-corrected chi connectivity index (χ0v) is 14.6. The van der Waals surface area contributed by atoms with E-state index in [2.05, 4.69) is 20.3 Å². The minimum Gasteiger partial charge on any atom is -0.389 e. The van der Waals surface area contributed by atoms with Crippen LogP contribution in [-0.4, -0.2) is 34.2 Å². The average Bonchev–Trinajstić information content (AvgIpc) is 2.97. The third-order valence-corrected chi connectivity index (χ3v) is 4.67. The normalized spacial score (nSPS) is 10.7. The van der Waals surface area contributed by atoms with E-state index < -0.39 is 0 Å². The minimum atomic E-state index is -0.0556. The predicted molar refractivity (Wildman–Crippen MR) is 97.9 cm³/mol. The average molecular weight is 341 g/mol. The summed E-state index contributed by atoms with van der Waals surface area (Å²) in [5.74, 6) is 0.531. The van der Waals surface area contributed by atoms with Crippen LogP contribution >= 0.6 is 11.3 Å². The van der Waals surface area contributed by atoms with E-state index in [0.29, 0.717) is 11.0 Å². The smallest absolute Gasteiger partial charge is 0.227 e. The fourth-order valence-corrected chi connectivity index (χ4v) is 3.17. The van der Waals surface area contributed by atoms with Crippen LogP contribution in [0.3, 0.4) is 0 Å². The van der Waals surface area contributed by atoms with E-state index in [1.807, 2.05) is 56.3 Å². The predicted octanol–water partition coefficient (Wildman–Crippen LogP) is 3.21. The van der Waals surface area contributed by atoms with E-state index >= 15 is 0 Å². The SMILES string of the molecule is Cc1nc(CO)sc1-c1ccnc(Nc2ccc(N(C)C)cc2)n1. The number of benzene rings is 1. The lowest BCUT2D eigenvalue weighted by Crippen LogP contribution is -2.08. The topological polar surface area (TPSA) is 74.2 Å². The summed E-state index contributed by atoms with van der Waals surface area (Å²) in [7, 11) is 4.01. The van der Waals surface area contributed by atoms with Crippen LogP contribution in [0.2, 0.25) is 0 Å². The molecule has 0 spiro atoms. The summed E-state index contributed by atoms with van der Waals surface area (Å²) < 4.78 is 0. The number of aliphatic hydroxyl groups is 1. The highest BCUT2D eigenvalue weighted by atomic mass is 32.1. The van der Waals surface area contributed by atoms with Crippen LogP contribution in [0.25, 0.3) is 10.6 Å². The summed E-state index contributed by atoms with van der Waals surface area (Å²) in [5, 5.41) is 13.1. The van der Waals surface area contributed by atoms with Crippen molar-refractivity contribution in [2.75, 3.05) is 24.3 Å². The first-order valence-electron chi connectivity index (χ1n) is 7.52. The highest BCUT2D eigenvalue weighted by Gasteiger charge is 2.11. The molecule has 2 aromatic heterocycles. The van der Waals surface area contributed by atoms with Gasteiger partial charge in [-0.2, -0.15) is 0 Å². The van der Waals surface area contributed by atoms with Gasteiger partial charge in [-0.05, 0) is 37.3 Å². The molecule has 0 atom stereocenters. The molecule has 1 aromatic carbocycles. The van der Waals surface area contributed by atoms with Gasteiger partial charge in [0.25, 0.3) is 0 Å². The Labute approximate surface area is 144 Å². The van der Waals surface area contributed by atoms with E-state index in [0.717, 1.165) is 27.6 Å². The van der Waals surface area contributed by atoms with Crippen molar-refractivity contribution in [3.8, 4) is 10.6 Å². The summed E-state index contributed by atoms with van der Waals surface area (Å²) in [6.07, 6.45) is 1.72. The summed E-state index contributed by atoms with van der Waals surface area (Å²) in [5.41, 5.74) is 3.72. The van der Waals surface area contributed by atoms with E-state index in [1.165, 1.54) is 11.3 Å². The maximum atomic E-state index is 9.23. The van der Waals surface area contributed by atoms with Crippen LogP contribution in [0.5, 0.6) is 0 Å². The molecular formula is C17H19N5OS. The molecule has 2 N–H and O–H groups in total. The van der Waals surface area contributed by atoms with Gasteiger partial charge < -0.3 is 15.3 Å². The lowest BCUT2D eigenvalue weighted by molar-refractivity contribution is 0.281. The van der Waals surface area contributed by atoms with E-state index in [-0.39, 0.29) is 6.61 Å². The molecule has 0 aliphatic heterocycles. The van der Waals surface area contributed by atoms with Gasteiger partial charge in [-0.15, -0.1) is 11.3 Å². The molecular weight excluding hydrogens is 322 g/mol.